The molecule has 4 amide bonds. The number of thiazole rings is 1. The molecular formula is C33H43N7O4S2. The molecule has 3 aromatic rings. The summed E-state index contributed by atoms with van der Waals surface area (Å²) in [5, 5.41) is 6.10. The Kier molecular flexibility index (Phi) is 10.1. The van der Waals surface area contributed by atoms with Crippen LogP contribution in [0.5, 0.6) is 0 Å². The maximum absolute atomic E-state index is 13.1. The zero-order valence-corrected chi connectivity index (χ0v) is 28.4. The van der Waals surface area contributed by atoms with Gasteiger partial charge in [0.15, 0.2) is 5.13 Å². The van der Waals surface area contributed by atoms with Crippen molar-refractivity contribution in [2.75, 3.05) is 42.9 Å². The molecule has 13 heteroatoms. The van der Waals surface area contributed by atoms with Crippen molar-refractivity contribution in [2.45, 2.75) is 80.8 Å². The minimum atomic E-state index is -0.350. The molecule has 5 heterocycles. The number of hydrogen-bond donors (Lipinski definition) is 2. The number of anilines is 2. The van der Waals surface area contributed by atoms with E-state index in [0.29, 0.717) is 35.8 Å². The van der Waals surface area contributed by atoms with Gasteiger partial charge in [-0.2, -0.15) is 0 Å². The lowest BCUT2D eigenvalue weighted by molar-refractivity contribution is -0.122. The van der Waals surface area contributed by atoms with Gasteiger partial charge in [-0.25, -0.2) is 14.8 Å². The number of likely N-dealkylation sites (tertiary alicyclic amines) is 2. The zero-order chi connectivity index (χ0) is 32.3. The molecule has 2 N–H and O–H groups in total. The summed E-state index contributed by atoms with van der Waals surface area (Å²) in [6.45, 7) is 11.5. The summed E-state index contributed by atoms with van der Waals surface area (Å²) in [7, 11) is 0. The van der Waals surface area contributed by atoms with Crippen LogP contribution in [0.1, 0.15) is 70.1 Å². The van der Waals surface area contributed by atoms with Crippen LogP contribution in [0.2, 0.25) is 0 Å². The number of oxazole rings is 1. The third-order valence-corrected chi connectivity index (χ3v) is 11.1. The van der Waals surface area contributed by atoms with E-state index in [1.807, 2.05) is 12.1 Å². The number of thioether (sulfide) groups is 1. The van der Waals surface area contributed by atoms with Gasteiger partial charge >= 0.3 is 6.03 Å². The van der Waals surface area contributed by atoms with Crippen LogP contribution >= 0.6 is 23.1 Å². The Labute approximate surface area is 278 Å². The Morgan fingerprint density at radius 3 is 2.57 bits per heavy atom. The largest absolute Gasteiger partial charge is 0.444 e. The lowest BCUT2D eigenvalue weighted by Gasteiger charge is -2.41. The van der Waals surface area contributed by atoms with Gasteiger partial charge in [-0.15, -0.1) is 11.8 Å². The van der Waals surface area contributed by atoms with Gasteiger partial charge < -0.3 is 14.6 Å². The molecule has 46 heavy (non-hydrogen) atoms. The molecule has 1 aromatic carbocycles. The van der Waals surface area contributed by atoms with Crippen LogP contribution in [0.15, 0.2) is 45.3 Å². The Morgan fingerprint density at radius 2 is 1.85 bits per heavy atom. The van der Waals surface area contributed by atoms with E-state index in [4.69, 9.17) is 4.42 Å². The molecule has 3 aliphatic heterocycles. The number of benzene rings is 1. The van der Waals surface area contributed by atoms with Crippen molar-refractivity contribution in [1.29, 1.82) is 0 Å². The van der Waals surface area contributed by atoms with Crippen molar-refractivity contribution in [3.8, 4) is 0 Å². The first-order chi connectivity index (χ1) is 22.1. The Bertz CT molecular complexity index is 1530. The standard InChI is InChI=1S/C33H43N7O4S2/c1-33(2,3)26-18-34-28(44-26)21-45-29-19-35-31(46-29)37-30(42)23-7-14-39(15-8-23)24-9-12-38(13-10-24)20-22-5-4-6-25(17-22)40-16-11-27(41)36-32(40)43/h4-6,17-19,23-24H,7-16,20-21H2,1-3H3,(H,35,37,42)(H,36,41,43). The van der Waals surface area contributed by atoms with Gasteiger partial charge in [-0.1, -0.05) is 44.2 Å². The van der Waals surface area contributed by atoms with Gasteiger partial charge in [-0.3, -0.25) is 24.7 Å². The fourth-order valence-corrected chi connectivity index (χ4v) is 8.04. The number of hydrogen-bond acceptors (Lipinski definition) is 10. The number of piperidine rings is 2. The van der Waals surface area contributed by atoms with Crippen LogP contribution in [0, 0.1) is 5.92 Å². The number of amides is 4. The molecule has 2 aromatic heterocycles. The monoisotopic (exact) mass is 665 g/mol. The van der Waals surface area contributed by atoms with E-state index in [1.165, 1.54) is 16.9 Å². The van der Waals surface area contributed by atoms with E-state index < -0.39 is 0 Å². The predicted octanol–water partition coefficient (Wildman–Crippen LogP) is 5.48. The Balaban J connectivity index is 0.908. The number of imide groups is 1. The average Bonchev–Trinajstić information content (AvgIpc) is 3.71. The normalized spacial score (nSPS) is 19.4. The van der Waals surface area contributed by atoms with Gasteiger partial charge in [0.1, 0.15) is 5.76 Å². The Morgan fingerprint density at radius 1 is 1.07 bits per heavy atom. The quantitative estimate of drug-likeness (QED) is 0.286. The molecule has 3 aliphatic rings. The van der Waals surface area contributed by atoms with Crippen LogP contribution in [0.25, 0.3) is 0 Å². The molecule has 11 nitrogen and oxygen atoms in total. The molecule has 3 fully saturated rings. The zero-order valence-electron chi connectivity index (χ0n) is 26.8. The first-order valence-corrected chi connectivity index (χ1v) is 17.9. The van der Waals surface area contributed by atoms with Crippen molar-refractivity contribution in [3.05, 3.63) is 53.9 Å². The first kappa shape index (κ1) is 32.7. The van der Waals surface area contributed by atoms with E-state index in [-0.39, 0.29) is 29.2 Å². The van der Waals surface area contributed by atoms with Gasteiger partial charge in [0.05, 0.1) is 22.4 Å². The summed E-state index contributed by atoms with van der Waals surface area (Å²) < 4.78 is 6.91. The molecule has 0 saturated carbocycles. The van der Waals surface area contributed by atoms with Crippen molar-refractivity contribution < 1.29 is 18.8 Å². The second kappa shape index (κ2) is 14.2. The number of carbonyl (C=O) groups excluding carboxylic acids is 3. The average molecular weight is 666 g/mol. The van der Waals surface area contributed by atoms with Crippen LogP contribution in [0.3, 0.4) is 0 Å². The highest BCUT2D eigenvalue weighted by atomic mass is 32.2. The lowest BCUT2D eigenvalue weighted by Crippen LogP contribution is -2.49. The second-order valence-corrected chi connectivity index (χ2v) is 15.7. The molecule has 6 rings (SSSR count). The number of urea groups is 1. The third-order valence-electron chi connectivity index (χ3n) is 9.00. The topological polar surface area (TPSA) is 124 Å². The second-order valence-electron chi connectivity index (χ2n) is 13.4. The molecule has 0 atom stereocenters. The Hall–Kier alpha value is -3.26. The third kappa shape index (κ3) is 8.17. The van der Waals surface area contributed by atoms with Crippen LogP contribution < -0.4 is 15.5 Å². The minimum absolute atomic E-state index is 0.00635. The smallest absolute Gasteiger partial charge is 0.328 e. The number of carbonyl (C=O) groups is 3. The molecule has 3 saturated heterocycles. The molecular weight excluding hydrogens is 623 g/mol. The van der Waals surface area contributed by atoms with Gasteiger partial charge in [0.25, 0.3) is 0 Å². The van der Waals surface area contributed by atoms with Gasteiger partial charge in [0.2, 0.25) is 17.7 Å². The molecule has 0 bridgehead atoms. The van der Waals surface area contributed by atoms with Crippen LogP contribution in [0.4, 0.5) is 15.6 Å². The number of aromatic nitrogens is 2. The molecule has 246 valence electrons. The predicted molar refractivity (Wildman–Crippen MR) is 180 cm³/mol. The van der Waals surface area contributed by atoms with E-state index in [9.17, 15) is 14.4 Å². The fourth-order valence-electron chi connectivity index (χ4n) is 6.31. The summed E-state index contributed by atoms with van der Waals surface area (Å²) >= 11 is 3.11. The highest BCUT2D eigenvalue weighted by Crippen LogP contribution is 2.33. The molecule has 0 aliphatic carbocycles. The maximum Gasteiger partial charge on any atom is 0.328 e. The van der Waals surface area contributed by atoms with Crippen LogP contribution in [-0.2, 0) is 27.3 Å². The van der Waals surface area contributed by atoms with E-state index in [1.54, 1.807) is 29.1 Å². The van der Waals surface area contributed by atoms with Gasteiger partial charge in [0, 0.05) is 42.6 Å². The van der Waals surface area contributed by atoms with Crippen LogP contribution in [-0.4, -0.2) is 76.4 Å². The maximum atomic E-state index is 13.1. The summed E-state index contributed by atoms with van der Waals surface area (Å²) in [6.07, 6.45) is 7.87. The highest BCUT2D eigenvalue weighted by Gasteiger charge is 2.31. The molecule has 0 spiro atoms. The van der Waals surface area contributed by atoms with Crippen molar-refractivity contribution >= 4 is 51.8 Å². The van der Waals surface area contributed by atoms with Crippen molar-refractivity contribution in [1.82, 2.24) is 25.1 Å². The minimum Gasteiger partial charge on any atom is -0.444 e. The summed E-state index contributed by atoms with van der Waals surface area (Å²) in [4.78, 5) is 52.4. The van der Waals surface area contributed by atoms with E-state index in [2.05, 4.69) is 63.3 Å². The fraction of sp³-hybridized carbons (Fsp3) is 0.545. The molecule has 0 unspecified atom stereocenters. The van der Waals surface area contributed by atoms with Crippen molar-refractivity contribution in [2.24, 2.45) is 5.92 Å². The number of nitrogens with one attached hydrogen (secondary N) is 2. The van der Waals surface area contributed by atoms with Gasteiger partial charge in [-0.05, 0) is 69.6 Å². The summed E-state index contributed by atoms with van der Waals surface area (Å²) in [5.41, 5.74) is 1.93. The number of rotatable bonds is 9. The van der Waals surface area contributed by atoms with E-state index >= 15 is 0 Å². The highest BCUT2D eigenvalue weighted by molar-refractivity contribution is 8.00. The van der Waals surface area contributed by atoms with Crippen molar-refractivity contribution in [3.63, 3.8) is 0 Å². The van der Waals surface area contributed by atoms with E-state index in [0.717, 1.165) is 74.1 Å². The summed E-state index contributed by atoms with van der Waals surface area (Å²) in [6, 6.07) is 8.26. The lowest BCUT2D eigenvalue weighted by atomic mass is 9.92. The number of nitrogens with zero attached hydrogens (tertiary/aromatic N) is 5. The first-order valence-electron chi connectivity index (χ1n) is 16.1. The SMILES string of the molecule is CC(C)(C)c1cnc(CSc2cnc(NC(=O)C3CCN(C4CCN(Cc5cccc(N6CCC(=O)NC6=O)c5)CC4)CC3)s2)o1. The molecule has 0 radical (unpaired) electrons. The summed E-state index contributed by atoms with van der Waals surface area (Å²) in [5.74, 6) is 2.05.